The maximum absolute atomic E-state index is 5.62. The van der Waals surface area contributed by atoms with E-state index in [1.165, 1.54) is 0 Å². The molecule has 1 aromatic carbocycles. The Balaban J connectivity index is 1.47. The molecule has 1 aromatic rings. The number of benzene rings is 1. The highest BCUT2D eigenvalue weighted by atomic mass is 16.7. The van der Waals surface area contributed by atoms with Crippen LogP contribution in [0.15, 0.2) is 34.7 Å². The number of para-hydroxylation sites is 1. The van der Waals surface area contributed by atoms with E-state index < -0.39 is 0 Å². The third-order valence-corrected chi connectivity index (χ3v) is 4.65. The van der Waals surface area contributed by atoms with Gasteiger partial charge in [-0.1, -0.05) is 12.1 Å². The highest BCUT2D eigenvalue weighted by Crippen LogP contribution is 2.40. The fourth-order valence-electron chi connectivity index (χ4n) is 3.49. The van der Waals surface area contributed by atoms with Crippen molar-refractivity contribution in [2.75, 3.05) is 33.1 Å². The Hall–Kier alpha value is -2.41. The maximum Gasteiger partial charge on any atom is 0.231 e. The largest absolute Gasteiger partial charge is 0.454 e. The van der Waals surface area contributed by atoms with Crippen molar-refractivity contribution in [3.05, 3.63) is 35.3 Å². The predicted octanol–water partition coefficient (Wildman–Crippen LogP) is 0.561. The summed E-state index contributed by atoms with van der Waals surface area (Å²) in [6.45, 7) is 3.56. The topological polar surface area (TPSA) is 67.3 Å². The van der Waals surface area contributed by atoms with E-state index in [4.69, 9.17) is 14.2 Å². The van der Waals surface area contributed by atoms with Crippen LogP contribution in [0.5, 0.6) is 11.5 Å². The van der Waals surface area contributed by atoms with Gasteiger partial charge in [-0.15, -0.1) is 0 Å². The summed E-state index contributed by atoms with van der Waals surface area (Å²) in [6, 6.07) is 6.29. The number of ether oxygens (including phenoxy) is 3. The van der Waals surface area contributed by atoms with Crippen LogP contribution in [-0.4, -0.2) is 50.3 Å². The van der Waals surface area contributed by atoms with Gasteiger partial charge in [0.05, 0.1) is 31.2 Å². The predicted molar refractivity (Wildman–Crippen MR) is 83.3 cm³/mol. The molecule has 23 heavy (non-hydrogen) atoms. The summed E-state index contributed by atoms with van der Waals surface area (Å²) in [7, 11) is 0. The third kappa shape index (κ3) is 2.03. The molecule has 0 bridgehead atoms. The molecule has 7 nitrogen and oxygen atoms in total. The van der Waals surface area contributed by atoms with Crippen molar-refractivity contribution in [3.63, 3.8) is 0 Å². The number of allylic oxidation sites excluding steroid dienone is 1. The first-order valence-corrected chi connectivity index (χ1v) is 7.91. The zero-order valence-electron chi connectivity index (χ0n) is 12.6. The second-order valence-corrected chi connectivity index (χ2v) is 5.97. The Morgan fingerprint density at radius 1 is 1.26 bits per heavy atom. The average molecular weight is 314 g/mol. The van der Waals surface area contributed by atoms with Crippen molar-refractivity contribution >= 4 is 6.21 Å². The van der Waals surface area contributed by atoms with Gasteiger partial charge in [-0.3, -0.25) is 4.99 Å². The van der Waals surface area contributed by atoms with Crippen molar-refractivity contribution < 1.29 is 14.2 Å². The number of hydrogen-bond donors (Lipinski definition) is 2. The second kappa shape index (κ2) is 5.06. The molecule has 120 valence electrons. The summed E-state index contributed by atoms with van der Waals surface area (Å²) < 4.78 is 16.7. The zero-order valence-corrected chi connectivity index (χ0v) is 12.6. The molecule has 0 aromatic heterocycles. The van der Waals surface area contributed by atoms with Crippen LogP contribution in [0.3, 0.4) is 0 Å². The van der Waals surface area contributed by atoms with Crippen molar-refractivity contribution in [3.8, 4) is 11.5 Å². The van der Waals surface area contributed by atoms with Gasteiger partial charge in [0.1, 0.15) is 12.0 Å². The molecule has 1 saturated heterocycles. The Morgan fingerprint density at radius 2 is 2.26 bits per heavy atom. The minimum absolute atomic E-state index is 0.172. The van der Waals surface area contributed by atoms with E-state index in [0.717, 1.165) is 54.9 Å². The van der Waals surface area contributed by atoms with Crippen molar-refractivity contribution in [1.82, 2.24) is 15.5 Å². The monoisotopic (exact) mass is 314 g/mol. The van der Waals surface area contributed by atoms with Gasteiger partial charge in [-0.2, -0.15) is 0 Å². The first-order valence-electron chi connectivity index (χ1n) is 7.91. The van der Waals surface area contributed by atoms with Gasteiger partial charge in [-0.25, -0.2) is 0 Å². The standard InChI is InChI=1S/C16H18N4O3/c1-2-11(14-13(3-1)22-9-23-14)15-18-7-12-16(19-15)20-4-5-21-8-10(20)6-17-12/h1-3,7,10,15,17,19H,4-6,8-9H2. The number of nitrogens with zero attached hydrogens (tertiary/aromatic N) is 2. The highest BCUT2D eigenvalue weighted by Gasteiger charge is 2.34. The zero-order chi connectivity index (χ0) is 15.2. The van der Waals surface area contributed by atoms with Crippen LogP contribution in [0.2, 0.25) is 0 Å². The van der Waals surface area contributed by atoms with Gasteiger partial charge in [-0.05, 0) is 6.07 Å². The van der Waals surface area contributed by atoms with Crippen LogP contribution in [0.25, 0.3) is 0 Å². The molecule has 4 aliphatic rings. The van der Waals surface area contributed by atoms with Gasteiger partial charge in [0.25, 0.3) is 0 Å². The van der Waals surface area contributed by atoms with Crippen molar-refractivity contribution in [2.24, 2.45) is 4.99 Å². The fourth-order valence-corrected chi connectivity index (χ4v) is 3.49. The third-order valence-electron chi connectivity index (χ3n) is 4.65. The number of nitrogens with one attached hydrogen (secondary N) is 2. The van der Waals surface area contributed by atoms with Crippen LogP contribution in [0.1, 0.15) is 11.7 Å². The Kier molecular flexibility index (Phi) is 2.87. The van der Waals surface area contributed by atoms with Crippen LogP contribution in [0, 0.1) is 0 Å². The summed E-state index contributed by atoms with van der Waals surface area (Å²) in [6.07, 6.45) is 1.74. The van der Waals surface area contributed by atoms with Gasteiger partial charge >= 0.3 is 0 Å². The fraction of sp³-hybridized carbons (Fsp3) is 0.438. The van der Waals surface area contributed by atoms with Gasteiger partial charge in [0.2, 0.25) is 6.79 Å². The van der Waals surface area contributed by atoms with Crippen LogP contribution in [0.4, 0.5) is 0 Å². The highest BCUT2D eigenvalue weighted by molar-refractivity contribution is 5.80. The Labute approximate surface area is 133 Å². The molecule has 2 unspecified atom stereocenters. The summed E-state index contributed by atoms with van der Waals surface area (Å²) in [5, 5.41) is 6.99. The lowest BCUT2D eigenvalue weighted by atomic mass is 10.1. The van der Waals surface area contributed by atoms with Crippen LogP contribution < -0.4 is 20.1 Å². The average Bonchev–Trinajstić information content (AvgIpc) is 3.10. The summed E-state index contributed by atoms with van der Waals surface area (Å²) >= 11 is 0. The molecule has 0 radical (unpaired) electrons. The quantitative estimate of drug-likeness (QED) is 0.790. The van der Waals surface area contributed by atoms with E-state index in [-0.39, 0.29) is 13.0 Å². The summed E-state index contributed by atoms with van der Waals surface area (Å²) in [5.41, 5.74) is 2.04. The normalized spacial score (nSPS) is 27.9. The number of fused-ring (bicyclic) bond motifs is 3. The molecule has 7 heteroatoms. The summed E-state index contributed by atoms with van der Waals surface area (Å²) in [4.78, 5) is 7.03. The van der Waals surface area contributed by atoms with Crippen molar-refractivity contribution in [2.45, 2.75) is 12.2 Å². The van der Waals surface area contributed by atoms with Gasteiger partial charge in [0, 0.05) is 18.7 Å². The molecule has 0 aliphatic carbocycles. The van der Waals surface area contributed by atoms with Crippen molar-refractivity contribution in [1.29, 1.82) is 0 Å². The Bertz CT molecular complexity index is 703. The van der Waals surface area contributed by atoms with E-state index >= 15 is 0 Å². The molecule has 1 fully saturated rings. The van der Waals surface area contributed by atoms with Gasteiger partial charge in [0.15, 0.2) is 11.5 Å². The number of aliphatic imine (C=N–C) groups is 1. The Morgan fingerprint density at radius 3 is 3.26 bits per heavy atom. The lowest BCUT2D eigenvalue weighted by molar-refractivity contribution is 0.000943. The number of rotatable bonds is 1. The molecule has 0 saturated carbocycles. The van der Waals surface area contributed by atoms with E-state index in [9.17, 15) is 0 Å². The molecular formula is C16H18N4O3. The van der Waals surface area contributed by atoms with E-state index in [0.29, 0.717) is 6.04 Å². The molecule has 4 heterocycles. The van der Waals surface area contributed by atoms with E-state index in [1.807, 2.05) is 24.4 Å². The van der Waals surface area contributed by atoms with E-state index in [1.54, 1.807) is 0 Å². The molecule has 2 N–H and O–H groups in total. The second-order valence-electron chi connectivity index (χ2n) is 5.97. The molecule has 0 spiro atoms. The number of hydrogen-bond acceptors (Lipinski definition) is 7. The molecule has 5 rings (SSSR count). The lowest BCUT2D eigenvalue weighted by Crippen LogP contribution is -2.57. The van der Waals surface area contributed by atoms with E-state index in [2.05, 4.69) is 20.5 Å². The lowest BCUT2D eigenvalue weighted by Gasteiger charge is -2.45. The molecule has 2 atom stereocenters. The minimum Gasteiger partial charge on any atom is -0.454 e. The molecule has 4 aliphatic heterocycles. The molecule has 0 amide bonds. The minimum atomic E-state index is -0.172. The van der Waals surface area contributed by atoms with Gasteiger partial charge < -0.3 is 29.7 Å². The first kappa shape index (κ1) is 13.1. The maximum atomic E-state index is 5.62. The summed E-state index contributed by atoms with van der Waals surface area (Å²) in [5.74, 6) is 2.67. The number of morpholine rings is 1. The van der Waals surface area contributed by atoms with Crippen LogP contribution >= 0.6 is 0 Å². The smallest absolute Gasteiger partial charge is 0.231 e. The van der Waals surface area contributed by atoms with Crippen LogP contribution in [-0.2, 0) is 4.74 Å². The molecular weight excluding hydrogens is 296 g/mol. The first-order chi connectivity index (χ1) is 11.4. The SMILES string of the molecule is C1=NC(c2cccc3c2OCO3)NC2=C1NCC1COCCN21.